The molecule has 0 bridgehead atoms. The Balaban J connectivity index is 1.41. The van der Waals surface area contributed by atoms with Crippen LogP contribution in [0.4, 0.5) is 5.69 Å². The molecule has 2 heterocycles. The van der Waals surface area contributed by atoms with Crippen molar-refractivity contribution >= 4 is 23.2 Å². The van der Waals surface area contributed by atoms with Gasteiger partial charge in [-0.2, -0.15) is 0 Å². The van der Waals surface area contributed by atoms with Crippen molar-refractivity contribution in [3.63, 3.8) is 0 Å². The highest BCUT2D eigenvalue weighted by atomic mass is 35.5. The molecule has 1 saturated heterocycles. The van der Waals surface area contributed by atoms with E-state index in [1.54, 1.807) is 12.1 Å². The molecule has 1 atom stereocenters. The lowest BCUT2D eigenvalue weighted by Crippen LogP contribution is -2.33. The quantitative estimate of drug-likeness (QED) is 0.721. The minimum Gasteiger partial charge on any atom is -0.494 e. The zero-order chi connectivity index (χ0) is 20.9. The number of ether oxygens (including phenoxy) is 3. The highest BCUT2D eigenvalue weighted by Gasteiger charge is 2.28. The summed E-state index contributed by atoms with van der Waals surface area (Å²) in [6.07, 6.45) is 2.91. The number of likely N-dealkylation sites (tertiary alicyclic amines) is 1. The zero-order valence-corrected chi connectivity index (χ0v) is 17.9. The highest BCUT2D eigenvalue weighted by molar-refractivity contribution is 6.34. The summed E-state index contributed by atoms with van der Waals surface area (Å²) < 4.78 is 16.9. The molecule has 0 aliphatic carbocycles. The molecule has 0 saturated carbocycles. The molecule has 0 spiro atoms. The lowest BCUT2D eigenvalue weighted by Gasteiger charge is -2.24. The molecule has 6 nitrogen and oxygen atoms in total. The number of fused-ring (bicyclic) bond motifs is 1. The Morgan fingerprint density at radius 1 is 1.17 bits per heavy atom. The number of rotatable bonds is 6. The van der Waals surface area contributed by atoms with E-state index in [4.69, 9.17) is 25.8 Å². The molecule has 1 fully saturated rings. The van der Waals surface area contributed by atoms with Crippen LogP contribution in [0.2, 0.25) is 5.02 Å². The van der Waals surface area contributed by atoms with Crippen molar-refractivity contribution in [3.8, 4) is 17.2 Å². The van der Waals surface area contributed by atoms with Gasteiger partial charge in [0, 0.05) is 24.6 Å². The first-order valence-corrected chi connectivity index (χ1v) is 10.9. The molecular formula is C23H27ClN2O4. The van der Waals surface area contributed by atoms with Gasteiger partial charge >= 0.3 is 0 Å². The third-order valence-electron chi connectivity index (χ3n) is 5.40. The van der Waals surface area contributed by atoms with Crippen LogP contribution in [0.5, 0.6) is 17.2 Å². The van der Waals surface area contributed by atoms with Crippen molar-refractivity contribution in [2.75, 3.05) is 38.2 Å². The van der Waals surface area contributed by atoms with Gasteiger partial charge in [0.15, 0.2) is 11.5 Å². The first-order valence-electron chi connectivity index (χ1n) is 10.5. The van der Waals surface area contributed by atoms with Crippen molar-refractivity contribution in [2.45, 2.75) is 32.2 Å². The predicted molar refractivity (Wildman–Crippen MR) is 117 cm³/mol. The molecule has 2 aliphatic rings. The van der Waals surface area contributed by atoms with Crippen LogP contribution in [0.1, 0.15) is 37.8 Å². The Kier molecular flexibility index (Phi) is 6.65. The van der Waals surface area contributed by atoms with E-state index in [1.165, 1.54) is 5.56 Å². The molecule has 7 heteroatoms. The summed E-state index contributed by atoms with van der Waals surface area (Å²) >= 11 is 6.36. The molecule has 2 aromatic carbocycles. The molecule has 1 amide bonds. The van der Waals surface area contributed by atoms with E-state index >= 15 is 0 Å². The standard InChI is InChI=1S/C23H27ClN2O4/c1-2-28-17-8-6-16(7-9-17)20-5-3-10-26(20)15-23(27)25-19-14-22-21(13-18(19)24)29-11-4-12-30-22/h6-9,13-14,20H,2-5,10-12,15H2,1H3,(H,25,27). The van der Waals surface area contributed by atoms with Crippen LogP contribution >= 0.6 is 11.6 Å². The number of anilines is 1. The minimum atomic E-state index is -0.0933. The second-order valence-corrected chi connectivity index (χ2v) is 7.92. The van der Waals surface area contributed by atoms with Crippen LogP contribution in [0.3, 0.4) is 0 Å². The number of hydrogen-bond acceptors (Lipinski definition) is 5. The average Bonchev–Trinajstić information content (AvgIpc) is 3.07. The maximum absolute atomic E-state index is 12.8. The number of carbonyl (C=O) groups is 1. The number of nitrogens with one attached hydrogen (secondary N) is 1. The fourth-order valence-electron chi connectivity index (χ4n) is 4.00. The van der Waals surface area contributed by atoms with Gasteiger partial charge in [-0.25, -0.2) is 0 Å². The maximum atomic E-state index is 12.8. The third-order valence-corrected chi connectivity index (χ3v) is 5.71. The van der Waals surface area contributed by atoms with Crippen molar-refractivity contribution < 1.29 is 19.0 Å². The summed E-state index contributed by atoms with van der Waals surface area (Å²) in [6.45, 7) is 5.00. The number of hydrogen-bond donors (Lipinski definition) is 1. The fraction of sp³-hybridized carbons (Fsp3) is 0.435. The van der Waals surface area contributed by atoms with Gasteiger partial charge in [-0.15, -0.1) is 0 Å². The molecule has 0 radical (unpaired) electrons. The van der Waals surface area contributed by atoms with Crippen LogP contribution in [0, 0.1) is 0 Å². The summed E-state index contributed by atoms with van der Waals surface area (Å²) in [6, 6.07) is 11.8. The molecular weight excluding hydrogens is 404 g/mol. The van der Waals surface area contributed by atoms with Crippen molar-refractivity contribution in [3.05, 3.63) is 47.0 Å². The molecule has 160 valence electrons. The van der Waals surface area contributed by atoms with Crippen molar-refractivity contribution in [2.24, 2.45) is 0 Å². The van der Waals surface area contributed by atoms with E-state index in [2.05, 4.69) is 22.3 Å². The van der Waals surface area contributed by atoms with E-state index in [-0.39, 0.29) is 11.9 Å². The number of nitrogens with zero attached hydrogens (tertiary/aromatic N) is 1. The van der Waals surface area contributed by atoms with Gasteiger partial charge in [0.25, 0.3) is 0 Å². The molecule has 1 N–H and O–H groups in total. The van der Waals surface area contributed by atoms with Gasteiger partial charge in [-0.05, 0) is 44.0 Å². The van der Waals surface area contributed by atoms with Crippen LogP contribution in [-0.2, 0) is 4.79 Å². The number of benzene rings is 2. The van der Waals surface area contributed by atoms with E-state index in [0.29, 0.717) is 48.6 Å². The third kappa shape index (κ3) is 4.82. The van der Waals surface area contributed by atoms with Crippen LogP contribution < -0.4 is 19.5 Å². The summed E-state index contributed by atoms with van der Waals surface area (Å²) in [5.41, 5.74) is 1.75. The number of amides is 1. The van der Waals surface area contributed by atoms with Gasteiger partial charge in [0.05, 0.1) is 37.1 Å². The van der Waals surface area contributed by atoms with Gasteiger partial charge in [-0.3, -0.25) is 9.69 Å². The second-order valence-electron chi connectivity index (χ2n) is 7.51. The smallest absolute Gasteiger partial charge is 0.238 e. The Labute approximate surface area is 182 Å². The highest BCUT2D eigenvalue weighted by Crippen LogP contribution is 2.38. The first-order chi connectivity index (χ1) is 14.6. The van der Waals surface area contributed by atoms with E-state index in [9.17, 15) is 4.79 Å². The predicted octanol–water partition coefficient (Wildman–Crippen LogP) is 4.68. The summed E-state index contributed by atoms with van der Waals surface area (Å²) in [5, 5.41) is 3.38. The monoisotopic (exact) mass is 430 g/mol. The molecule has 2 aliphatic heterocycles. The molecule has 2 aromatic rings. The summed E-state index contributed by atoms with van der Waals surface area (Å²) in [7, 11) is 0. The molecule has 30 heavy (non-hydrogen) atoms. The molecule has 4 rings (SSSR count). The molecule has 0 aromatic heterocycles. The number of halogens is 1. The maximum Gasteiger partial charge on any atom is 0.238 e. The van der Waals surface area contributed by atoms with Crippen molar-refractivity contribution in [1.29, 1.82) is 0 Å². The van der Waals surface area contributed by atoms with Gasteiger partial charge in [-0.1, -0.05) is 23.7 Å². The normalized spacial score (nSPS) is 18.7. The van der Waals surface area contributed by atoms with E-state index in [1.807, 2.05) is 19.1 Å². The van der Waals surface area contributed by atoms with Crippen LogP contribution in [0.15, 0.2) is 36.4 Å². The fourth-order valence-corrected chi connectivity index (χ4v) is 4.20. The summed E-state index contributed by atoms with van der Waals surface area (Å²) in [4.78, 5) is 15.0. The Morgan fingerprint density at radius 3 is 2.63 bits per heavy atom. The van der Waals surface area contributed by atoms with Gasteiger partial charge in [0.1, 0.15) is 5.75 Å². The lowest BCUT2D eigenvalue weighted by atomic mass is 10.0. The second kappa shape index (κ2) is 9.58. The van der Waals surface area contributed by atoms with Crippen LogP contribution in [-0.4, -0.2) is 43.7 Å². The number of carbonyl (C=O) groups excluding carboxylic acids is 1. The SMILES string of the molecule is CCOc1ccc(C2CCCN2CC(=O)Nc2cc3c(cc2Cl)OCCCO3)cc1. The van der Waals surface area contributed by atoms with Crippen molar-refractivity contribution in [1.82, 2.24) is 4.90 Å². The zero-order valence-electron chi connectivity index (χ0n) is 17.2. The Hall–Kier alpha value is -2.44. The Bertz CT molecular complexity index is 888. The van der Waals surface area contributed by atoms with Crippen LogP contribution in [0.25, 0.3) is 0 Å². The largest absolute Gasteiger partial charge is 0.494 e. The topological polar surface area (TPSA) is 60.0 Å². The van der Waals surface area contributed by atoms with Gasteiger partial charge < -0.3 is 19.5 Å². The Morgan fingerprint density at radius 2 is 1.90 bits per heavy atom. The first kappa shape index (κ1) is 20.8. The average molecular weight is 431 g/mol. The summed E-state index contributed by atoms with van der Waals surface area (Å²) in [5.74, 6) is 2.00. The lowest BCUT2D eigenvalue weighted by molar-refractivity contribution is -0.117. The van der Waals surface area contributed by atoms with Gasteiger partial charge in [0.2, 0.25) is 5.91 Å². The molecule has 1 unspecified atom stereocenters. The van der Waals surface area contributed by atoms with E-state index in [0.717, 1.165) is 31.6 Å². The minimum absolute atomic E-state index is 0.0933. The van der Waals surface area contributed by atoms with E-state index < -0.39 is 0 Å².